The Morgan fingerprint density at radius 2 is 1.04 bits per heavy atom. The highest BCUT2D eigenvalue weighted by Gasteiger charge is 2.65. The average Bonchev–Trinajstić information content (AvgIpc) is 2.34. The second-order valence-corrected chi connectivity index (χ2v) is 7.44. The molecule has 0 radical (unpaired) electrons. The molecule has 4 saturated carbocycles. The van der Waals surface area contributed by atoms with E-state index in [4.69, 9.17) is 0 Å². The van der Waals surface area contributed by atoms with Crippen molar-refractivity contribution in [3.05, 3.63) is 0 Å². The maximum atomic E-state index is 12.9. The maximum absolute atomic E-state index is 12.9. The molecule has 0 amide bonds. The second-order valence-electron chi connectivity index (χ2n) is 7.44. The molecule has 0 aromatic heterocycles. The lowest BCUT2D eigenvalue weighted by molar-refractivity contribution is -0.203. The van der Waals surface area contributed by atoms with Gasteiger partial charge in [0, 0.05) is 0 Å². The summed E-state index contributed by atoms with van der Waals surface area (Å²) in [6.45, 7) is 0. The fraction of sp³-hybridized carbons (Fsp3) is 0.867. The van der Waals surface area contributed by atoms with E-state index in [1.165, 1.54) is 0 Å². The minimum Gasteiger partial charge on any atom is -0.289 e. The van der Waals surface area contributed by atoms with Gasteiger partial charge in [0.1, 0.15) is 5.92 Å². The van der Waals surface area contributed by atoms with E-state index in [-0.39, 0.29) is 37.0 Å². The molecule has 4 aliphatic rings. The van der Waals surface area contributed by atoms with Crippen LogP contribution in [0, 0.1) is 29.1 Å². The Hall–Kier alpha value is -1.08. The zero-order chi connectivity index (χ0) is 17.2. The molecule has 0 N–H and O–H groups in total. The molecule has 130 valence electrons. The van der Waals surface area contributed by atoms with Gasteiger partial charge in [-0.25, -0.2) is 0 Å². The van der Waals surface area contributed by atoms with Gasteiger partial charge in [-0.15, -0.1) is 0 Å². The standard InChI is InChI=1S/C15H16F6O2/c16-14(17,18)11(22)10(12(23)15(19,20)21)13-4-7-1-8(5-13)3-9(2-7)6-13/h7-10H,1-6H2. The summed E-state index contributed by atoms with van der Waals surface area (Å²) in [5, 5.41) is 0. The van der Waals surface area contributed by atoms with Crippen molar-refractivity contribution in [2.45, 2.75) is 50.9 Å². The van der Waals surface area contributed by atoms with Crippen LogP contribution in [-0.2, 0) is 9.59 Å². The summed E-state index contributed by atoms with van der Waals surface area (Å²) in [5.74, 6) is -7.58. The van der Waals surface area contributed by atoms with Crippen molar-refractivity contribution in [2.24, 2.45) is 29.1 Å². The van der Waals surface area contributed by atoms with Crippen LogP contribution in [-0.4, -0.2) is 23.9 Å². The minimum absolute atomic E-state index is 0.0332. The van der Waals surface area contributed by atoms with Gasteiger partial charge >= 0.3 is 12.4 Å². The topological polar surface area (TPSA) is 34.1 Å². The average molecular weight is 342 g/mol. The number of ketones is 2. The molecular weight excluding hydrogens is 326 g/mol. The number of carbonyl (C=O) groups is 2. The largest absolute Gasteiger partial charge is 0.450 e. The molecule has 0 heterocycles. The smallest absolute Gasteiger partial charge is 0.289 e. The Kier molecular flexibility index (Phi) is 3.61. The lowest BCUT2D eigenvalue weighted by atomic mass is 9.45. The third-order valence-corrected chi connectivity index (χ3v) is 5.78. The first kappa shape index (κ1) is 16.8. The Morgan fingerprint density at radius 3 is 1.30 bits per heavy atom. The van der Waals surface area contributed by atoms with Crippen molar-refractivity contribution >= 4 is 11.6 Å². The number of halogens is 6. The molecule has 23 heavy (non-hydrogen) atoms. The summed E-state index contributed by atoms with van der Waals surface area (Å²) in [4.78, 5) is 23.4. The summed E-state index contributed by atoms with van der Waals surface area (Å²) in [6.07, 6.45) is -8.16. The van der Waals surface area contributed by atoms with Gasteiger partial charge in [-0.3, -0.25) is 9.59 Å². The van der Waals surface area contributed by atoms with Gasteiger partial charge in [0.2, 0.25) is 11.6 Å². The van der Waals surface area contributed by atoms with Crippen LogP contribution in [0.4, 0.5) is 26.3 Å². The van der Waals surface area contributed by atoms with E-state index < -0.39 is 35.3 Å². The number of hydrogen-bond acceptors (Lipinski definition) is 2. The fourth-order valence-electron chi connectivity index (χ4n) is 5.53. The molecule has 2 nitrogen and oxygen atoms in total. The molecule has 4 fully saturated rings. The Balaban J connectivity index is 2.02. The molecule has 0 atom stereocenters. The summed E-state index contributed by atoms with van der Waals surface area (Å²) >= 11 is 0. The van der Waals surface area contributed by atoms with Crippen molar-refractivity contribution < 1.29 is 35.9 Å². The maximum Gasteiger partial charge on any atom is 0.450 e. The third-order valence-electron chi connectivity index (χ3n) is 5.78. The highest BCUT2D eigenvalue weighted by Crippen LogP contribution is 2.64. The monoisotopic (exact) mass is 342 g/mol. The normalized spacial score (nSPS) is 36.6. The number of rotatable bonds is 3. The Morgan fingerprint density at radius 1 is 0.739 bits per heavy atom. The summed E-state index contributed by atoms with van der Waals surface area (Å²) < 4.78 is 77.2. The molecule has 0 aromatic carbocycles. The predicted molar refractivity (Wildman–Crippen MR) is 66.2 cm³/mol. The molecule has 4 bridgehead atoms. The molecule has 0 aliphatic heterocycles. The van der Waals surface area contributed by atoms with Crippen LogP contribution in [0.1, 0.15) is 38.5 Å². The van der Waals surface area contributed by atoms with Crippen molar-refractivity contribution in [3.63, 3.8) is 0 Å². The zero-order valence-corrected chi connectivity index (χ0v) is 12.1. The number of alkyl halides is 6. The third kappa shape index (κ3) is 2.78. The van der Waals surface area contributed by atoms with Gasteiger partial charge in [-0.2, -0.15) is 26.3 Å². The van der Waals surface area contributed by atoms with Crippen molar-refractivity contribution in [1.29, 1.82) is 0 Å². The second kappa shape index (κ2) is 4.96. The van der Waals surface area contributed by atoms with Crippen molar-refractivity contribution in [1.82, 2.24) is 0 Å². The number of hydrogen-bond donors (Lipinski definition) is 0. The lowest BCUT2D eigenvalue weighted by Crippen LogP contribution is -2.57. The van der Waals surface area contributed by atoms with Crippen LogP contribution in [0.25, 0.3) is 0 Å². The van der Waals surface area contributed by atoms with Gasteiger partial charge in [0.05, 0.1) is 0 Å². The van der Waals surface area contributed by atoms with Gasteiger partial charge in [-0.1, -0.05) is 0 Å². The molecule has 4 rings (SSSR count). The molecule has 0 aromatic rings. The highest BCUT2D eigenvalue weighted by molar-refractivity contribution is 6.07. The van der Waals surface area contributed by atoms with E-state index >= 15 is 0 Å². The molecule has 8 heteroatoms. The molecule has 0 unspecified atom stereocenters. The first-order valence-corrected chi connectivity index (χ1v) is 7.64. The van der Waals surface area contributed by atoms with Crippen LogP contribution in [0.3, 0.4) is 0 Å². The van der Waals surface area contributed by atoms with Gasteiger partial charge < -0.3 is 0 Å². The van der Waals surface area contributed by atoms with E-state index in [0.717, 1.165) is 19.3 Å². The quantitative estimate of drug-likeness (QED) is 0.572. The number of Topliss-reactive ketones (excluding diaryl/α,β-unsaturated/α-hetero) is 2. The molecule has 4 aliphatic carbocycles. The Bertz CT molecular complexity index is 472. The summed E-state index contributed by atoms with van der Waals surface area (Å²) in [7, 11) is 0. The SMILES string of the molecule is O=C(C(C(=O)C(F)(F)F)C12CC3CC(CC(C3)C1)C2)C(F)(F)F. The predicted octanol–water partition coefficient (Wildman–Crippen LogP) is 4.08. The first-order chi connectivity index (χ1) is 10.4. The zero-order valence-electron chi connectivity index (χ0n) is 12.1. The van der Waals surface area contributed by atoms with Gasteiger partial charge in [0.15, 0.2) is 0 Å². The fourth-order valence-corrected chi connectivity index (χ4v) is 5.53. The Labute approximate surface area is 128 Å². The highest BCUT2D eigenvalue weighted by atomic mass is 19.4. The van der Waals surface area contributed by atoms with Gasteiger partial charge in [0.25, 0.3) is 0 Å². The van der Waals surface area contributed by atoms with Gasteiger partial charge in [-0.05, 0) is 61.7 Å². The van der Waals surface area contributed by atoms with Crippen molar-refractivity contribution in [3.8, 4) is 0 Å². The van der Waals surface area contributed by atoms with Crippen LogP contribution < -0.4 is 0 Å². The molecular formula is C15H16F6O2. The van der Waals surface area contributed by atoms with Crippen molar-refractivity contribution in [2.75, 3.05) is 0 Å². The van der Waals surface area contributed by atoms with Crippen LogP contribution in [0.5, 0.6) is 0 Å². The van der Waals surface area contributed by atoms with Crippen LogP contribution in [0.15, 0.2) is 0 Å². The first-order valence-electron chi connectivity index (χ1n) is 7.64. The van der Waals surface area contributed by atoms with Crippen LogP contribution >= 0.6 is 0 Å². The van der Waals surface area contributed by atoms with E-state index in [1.807, 2.05) is 0 Å². The van der Waals surface area contributed by atoms with E-state index in [1.54, 1.807) is 0 Å². The van der Waals surface area contributed by atoms with E-state index in [0.29, 0.717) is 0 Å². The van der Waals surface area contributed by atoms with E-state index in [9.17, 15) is 35.9 Å². The summed E-state index contributed by atoms with van der Waals surface area (Å²) in [6, 6.07) is 0. The number of carbonyl (C=O) groups excluding carboxylic acids is 2. The summed E-state index contributed by atoms with van der Waals surface area (Å²) in [5.41, 5.74) is -1.46. The van der Waals surface area contributed by atoms with E-state index in [2.05, 4.69) is 0 Å². The molecule has 0 saturated heterocycles. The lowest BCUT2D eigenvalue weighted by Gasteiger charge is -2.58. The molecule has 0 spiro atoms. The minimum atomic E-state index is -5.44. The van der Waals surface area contributed by atoms with Crippen LogP contribution in [0.2, 0.25) is 0 Å².